The summed E-state index contributed by atoms with van der Waals surface area (Å²) >= 11 is 6.24. The van der Waals surface area contributed by atoms with Crippen LogP contribution < -0.4 is 9.84 Å². The molecular weight excluding hydrogens is 362 g/mol. The van der Waals surface area contributed by atoms with E-state index in [1.807, 2.05) is 36.4 Å². The van der Waals surface area contributed by atoms with Gasteiger partial charge in [0.15, 0.2) is 0 Å². The van der Waals surface area contributed by atoms with Gasteiger partial charge >= 0.3 is 0 Å². The van der Waals surface area contributed by atoms with E-state index in [2.05, 4.69) is 11.9 Å². The smallest absolute Gasteiger partial charge is 0.127 e. The van der Waals surface area contributed by atoms with E-state index in [0.29, 0.717) is 17.3 Å². The fraction of sp³-hybridized carbons (Fsp3) is 0.182. The Bertz CT molecular complexity index is 956. The zero-order valence-corrected chi connectivity index (χ0v) is 15.7. The molecule has 138 valence electrons. The highest BCUT2D eigenvalue weighted by molar-refractivity contribution is 6.31. The van der Waals surface area contributed by atoms with Gasteiger partial charge in [0.05, 0.1) is 24.0 Å². The van der Waals surface area contributed by atoms with Crippen LogP contribution in [0.5, 0.6) is 5.75 Å². The first-order chi connectivity index (χ1) is 13.1. The summed E-state index contributed by atoms with van der Waals surface area (Å²) in [4.78, 5) is 15.4. The van der Waals surface area contributed by atoms with E-state index in [9.17, 15) is 9.90 Å². The van der Waals surface area contributed by atoms with Crippen molar-refractivity contribution >= 4 is 17.6 Å². The molecule has 0 fully saturated rings. The van der Waals surface area contributed by atoms with Crippen LogP contribution in [-0.4, -0.2) is 17.6 Å². The minimum absolute atomic E-state index is 0.104. The number of aromatic nitrogens is 1. The van der Waals surface area contributed by atoms with Crippen LogP contribution in [0.4, 0.5) is 0 Å². The highest BCUT2D eigenvalue weighted by atomic mass is 35.5. The Labute approximate surface area is 163 Å². The van der Waals surface area contributed by atoms with E-state index < -0.39 is 5.97 Å². The SMILES string of the molecule is CCCCOc1ccc(Cl)cc1-c1ccccc1-c1cccc(C(=O)[O-])n1. The first-order valence-electron chi connectivity index (χ1n) is 8.80. The maximum absolute atomic E-state index is 11.2. The number of aromatic carboxylic acids is 1. The number of halogens is 1. The van der Waals surface area contributed by atoms with Gasteiger partial charge in [-0.2, -0.15) is 0 Å². The second-order valence-electron chi connectivity index (χ2n) is 6.08. The van der Waals surface area contributed by atoms with E-state index in [-0.39, 0.29) is 5.69 Å². The summed E-state index contributed by atoms with van der Waals surface area (Å²) in [6.45, 7) is 2.73. The summed E-state index contributed by atoms with van der Waals surface area (Å²) in [5, 5.41) is 11.8. The number of carboxylic acids is 1. The van der Waals surface area contributed by atoms with Gasteiger partial charge in [-0.3, -0.25) is 0 Å². The number of unbranched alkanes of at least 4 members (excludes halogenated alkanes) is 1. The van der Waals surface area contributed by atoms with E-state index in [1.54, 1.807) is 18.2 Å². The number of ether oxygens (including phenoxy) is 1. The molecule has 0 aliphatic heterocycles. The standard InChI is InChI=1S/C22H20ClNO3/c1-2-3-13-27-21-12-11-15(23)14-18(21)16-7-4-5-8-17(16)19-9-6-10-20(24-19)22(25)26/h4-12,14H,2-3,13H2,1H3,(H,25,26)/p-1. The van der Waals surface area contributed by atoms with E-state index in [0.717, 1.165) is 35.3 Å². The predicted octanol–water partition coefficient (Wildman–Crippen LogP) is 4.61. The minimum Gasteiger partial charge on any atom is -0.543 e. The summed E-state index contributed by atoms with van der Waals surface area (Å²) < 4.78 is 5.96. The third kappa shape index (κ3) is 4.47. The number of nitrogens with zero attached hydrogens (tertiary/aromatic N) is 1. The zero-order valence-electron chi connectivity index (χ0n) is 14.9. The summed E-state index contributed by atoms with van der Waals surface area (Å²) in [6.07, 6.45) is 2.00. The predicted molar refractivity (Wildman–Crippen MR) is 105 cm³/mol. The molecule has 5 heteroatoms. The Morgan fingerprint density at radius 3 is 2.56 bits per heavy atom. The van der Waals surface area contributed by atoms with Crippen molar-refractivity contribution in [2.45, 2.75) is 19.8 Å². The zero-order chi connectivity index (χ0) is 19.2. The molecule has 0 radical (unpaired) electrons. The number of carbonyl (C=O) groups is 1. The summed E-state index contributed by atoms with van der Waals surface area (Å²) in [7, 11) is 0. The Hall–Kier alpha value is -2.85. The molecule has 3 aromatic rings. The maximum Gasteiger partial charge on any atom is 0.127 e. The lowest BCUT2D eigenvalue weighted by atomic mass is 9.96. The third-order valence-electron chi connectivity index (χ3n) is 4.15. The minimum atomic E-state index is -1.30. The van der Waals surface area contributed by atoms with Crippen LogP contribution in [0.3, 0.4) is 0 Å². The highest BCUT2D eigenvalue weighted by Crippen LogP contribution is 2.38. The van der Waals surface area contributed by atoms with Gasteiger partial charge < -0.3 is 14.6 Å². The quantitative estimate of drug-likeness (QED) is 0.561. The molecule has 0 N–H and O–H groups in total. The molecular formula is C22H19ClNO3-. The Balaban J connectivity index is 2.10. The van der Waals surface area contributed by atoms with Gasteiger partial charge in [0.1, 0.15) is 5.75 Å². The second-order valence-corrected chi connectivity index (χ2v) is 6.52. The first-order valence-corrected chi connectivity index (χ1v) is 9.18. The average molecular weight is 381 g/mol. The molecule has 0 amide bonds. The fourth-order valence-corrected chi connectivity index (χ4v) is 2.98. The first kappa shape index (κ1) is 18.9. The Morgan fingerprint density at radius 2 is 1.81 bits per heavy atom. The number of carbonyl (C=O) groups excluding carboxylic acids is 1. The van der Waals surface area contributed by atoms with Gasteiger partial charge in [-0.05, 0) is 42.3 Å². The highest BCUT2D eigenvalue weighted by Gasteiger charge is 2.14. The van der Waals surface area contributed by atoms with Crippen molar-refractivity contribution in [1.82, 2.24) is 4.98 Å². The van der Waals surface area contributed by atoms with Gasteiger partial charge in [-0.25, -0.2) is 4.98 Å². The molecule has 4 nitrogen and oxygen atoms in total. The van der Waals surface area contributed by atoms with Crippen LogP contribution in [0.1, 0.15) is 30.3 Å². The molecule has 0 unspecified atom stereocenters. The van der Waals surface area contributed by atoms with E-state index in [1.165, 1.54) is 6.07 Å². The molecule has 0 spiro atoms. The van der Waals surface area contributed by atoms with Gasteiger partial charge in [-0.1, -0.05) is 55.3 Å². The molecule has 0 saturated heterocycles. The van der Waals surface area contributed by atoms with Gasteiger partial charge in [0, 0.05) is 16.1 Å². The van der Waals surface area contributed by atoms with Gasteiger partial charge in [-0.15, -0.1) is 0 Å². The van der Waals surface area contributed by atoms with Crippen LogP contribution in [0.25, 0.3) is 22.4 Å². The number of hydrogen-bond donors (Lipinski definition) is 0. The van der Waals surface area contributed by atoms with Crippen LogP contribution in [-0.2, 0) is 0 Å². The Kier molecular flexibility index (Phi) is 6.09. The molecule has 1 heterocycles. The van der Waals surface area contributed by atoms with Crippen molar-refractivity contribution in [3.63, 3.8) is 0 Å². The molecule has 0 aliphatic rings. The number of hydrogen-bond acceptors (Lipinski definition) is 4. The molecule has 27 heavy (non-hydrogen) atoms. The molecule has 1 aromatic heterocycles. The molecule has 3 rings (SSSR count). The van der Waals surface area contributed by atoms with Crippen LogP contribution in [0.2, 0.25) is 5.02 Å². The lowest BCUT2D eigenvalue weighted by molar-refractivity contribution is -0.255. The van der Waals surface area contributed by atoms with Crippen molar-refractivity contribution < 1.29 is 14.6 Å². The maximum atomic E-state index is 11.2. The topological polar surface area (TPSA) is 62.2 Å². The number of benzene rings is 2. The van der Waals surface area contributed by atoms with Crippen molar-refractivity contribution in [1.29, 1.82) is 0 Å². The van der Waals surface area contributed by atoms with E-state index in [4.69, 9.17) is 16.3 Å². The van der Waals surface area contributed by atoms with Crippen molar-refractivity contribution in [3.8, 4) is 28.1 Å². The normalized spacial score (nSPS) is 10.6. The third-order valence-corrected chi connectivity index (χ3v) is 4.38. The molecule has 0 atom stereocenters. The summed E-state index contributed by atoms with van der Waals surface area (Å²) in [5.74, 6) is -0.572. The number of rotatable bonds is 7. The molecule has 0 aliphatic carbocycles. The lowest BCUT2D eigenvalue weighted by Crippen LogP contribution is -2.23. The van der Waals surface area contributed by atoms with Gasteiger partial charge in [0.25, 0.3) is 0 Å². The molecule has 0 bridgehead atoms. The van der Waals surface area contributed by atoms with Crippen LogP contribution in [0, 0.1) is 0 Å². The largest absolute Gasteiger partial charge is 0.543 e. The fourth-order valence-electron chi connectivity index (χ4n) is 2.80. The van der Waals surface area contributed by atoms with Crippen molar-refractivity contribution in [2.75, 3.05) is 6.61 Å². The second kappa shape index (κ2) is 8.69. The average Bonchev–Trinajstić information content (AvgIpc) is 2.69. The summed E-state index contributed by atoms with van der Waals surface area (Å²) in [5.41, 5.74) is 2.95. The van der Waals surface area contributed by atoms with Crippen molar-refractivity contribution in [2.24, 2.45) is 0 Å². The number of carboxylic acid groups (broad SMARTS) is 1. The monoisotopic (exact) mass is 380 g/mol. The van der Waals surface area contributed by atoms with Crippen LogP contribution in [0.15, 0.2) is 60.7 Å². The molecule has 2 aromatic carbocycles. The van der Waals surface area contributed by atoms with Crippen molar-refractivity contribution in [3.05, 3.63) is 71.4 Å². The number of pyridine rings is 1. The molecule has 0 saturated carbocycles. The van der Waals surface area contributed by atoms with Gasteiger partial charge in [0.2, 0.25) is 0 Å². The lowest BCUT2D eigenvalue weighted by Gasteiger charge is -2.15. The van der Waals surface area contributed by atoms with Crippen LogP contribution >= 0.6 is 11.6 Å². The van der Waals surface area contributed by atoms with E-state index >= 15 is 0 Å². The Morgan fingerprint density at radius 1 is 1.04 bits per heavy atom. The summed E-state index contributed by atoms with van der Waals surface area (Å²) in [6, 6.07) is 18.0.